The van der Waals surface area contributed by atoms with E-state index in [-0.39, 0.29) is 5.97 Å². The molecule has 2 rings (SSSR count). The molecule has 1 fully saturated rings. The first-order chi connectivity index (χ1) is 10.7. The third-order valence-corrected chi connectivity index (χ3v) is 5.36. The molecular formula is C20H32O2. The van der Waals surface area contributed by atoms with E-state index in [1.807, 2.05) is 0 Å². The summed E-state index contributed by atoms with van der Waals surface area (Å²) in [7, 11) is 0. The highest BCUT2D eigenvalue weighted by Crippen LogP contribution is 2.48. The summed E-state index contributed by atoms with van der Waals surface area (Å²) >= 11 is 0. The summed E-state index contributed by atoms with van der Waals surface area (Å²) in [5.41, 5.74) is 1.79. The second-order valence-electron chi connectivity index (χ2n) is 7.00. The van der Waals surface area contributed by atoms with Crippen molar-refractivity contribution in [3.05, 3.63) is 24.3 Å². The Hall–Kier alpha value is -1.05. The maximum absolute atomic E-state index is 11.0. The van der Waals surface area contributed by atoms with E-state index in [2.05, 4.69) is 19.6 Å². The van der Waals surface area contributed by atoms with Gasteiger partial charge in [-0.25, -0.2) is 4.79 Å². The van der Waals surface area contributed by atoms with Crippen LogP contribution in [0.15, 0.2) is 24.3 Å². The number of ether oxygens (including phenoxy) is 1. The first-order valence-electron chi connectivity index (χ1n) is 9.25. The van der Waals surface area contributed by atoms with E-state index in [1.165, 1.54) is 57.4 Å². The standard InChI is InChI=1S/C20H32O2/c1-3-5-6-9-17(10-7-8-13-22-20(21)4-2)19-15-16-11-12-18(19)14-16/h4,15-18H,2-3,5-14H2,1H3. The maximum atomic E-state index is 11.0. The molecule has 2 bridgehead atoms. The molecule has 2 nitrogen and oxygen atoms in total. The fourth-order valence-electron chi connectivity index (χ4n) is 4.19. The Morgan fingerprint density at radius 1 is 1.32 bits per heavy atom. The number of rotatable bonds is 11. The van der Waals surface area contributed by atoms with Gasteiger partial charge in [-0.05, 0) is 62.7 Å². The molecule has 3 atom stereocenters. The van der Waals surface area contributed by atoms with Crippen molar-refractivity contribution in [3.63, 3.8) is 0 Å². The third kappa shape index (κ3) is 5.00. The molecular weight excluding hydrogens is 272 g/mol. The molecule has 0 amide bonds. The number of carbonyl (C=O) groups is 1. The topological polar surface area (TPSA) is 26.3 Å². The average Bonchev–Trinajstić information content (AvgIpc) is 3.15. The van der Waals surface area contributed by atoms with Crippen LogP contribution in [0.25, 0.3) is 0 Å². The number of allylic oxidation sites excluding steroid dienone is 2. The highest BCUT2D eigenvalue weighted by Gasteiger charge is 2.35. The third-order valence-electron chi connectivity index (χ3n) is 5.36. The van der Waals surface area contributed by atoms with Gasteiger partial charge in [0.05, 0.1) is 6.61 Å². The summed E-state index contributed by atoms with van der Waals surface area (Å²) < 4.78 is 5.07. The van der Waals surface area contributed by atoms with Crippen molar-refractivity contribution < 1.29 is 9.53 Å². The summed E-state index contributed by atoms with van der Waals surface area (Å²) in [4.78, 5) is 11.0. The molecule has 0 radical (unpaired) electrons. The fraction of sp³-hybridized carbons (Fsp3) is 0.750. The van der Waals surface area contributed by atoms with E-state index in [0.29, 0.717) is 6.61 Å². The summed E-state index contributed by atoms with van der Waals surface area (Å²) in [5, 5.41) is 0. The molecule has 0 aromatic carbocycles. The molecule has 22 heavy (non-hydrogen) atoms. The minimum Gasteiger partial charge on any atom is -0.463 e. The molecule has 124 valence electrons. The van der Waals surface area contributed by atoms with Crippen molar-refractivity contribution in [1.29, 1.82) is 0 Å². The Labute approximate surface area is 136 Å². The van der Waals surface area contributed by atoms with Crippen molar-refractivity contribution in [2.24, 2.45) is 17.8 Å². The molecule has 0 N–H and O–H groups in total. The summed E-state index contributed by atoms with van der Waals surface area (Å²) in [6, 6.07) is 0. The molecule has 2 heteroatoms. The number of fused-ring (bicyclic) bond motifs is 2. The van der Waals surface area contributed by atoms with Gasteiger partial charge in [-0.3, -0.25) is 0 Å². The quantitative estimate of drug-likeness (QED) is 0.220. The second kappa shape index (κ2) is 9.17. The van der Waals surface area contributed by atoms with Crippen LogP contribution in [0.1, 0.15) is 71.1 Å². The molecule has 1 saturated carbocycles. The second-order valence-corrected chi connectivity index (χ2v) is 7.00. The predicted octanol–water partition coefficient (Wildman–Crippen LogP) is 5.44. The maximum Gasteiger partial charge on any atom is 0.330 e. The van der Waals surface area contributed by atoms with Gasteiger partial charge in [0.1, 0.15) is 0 Å². The zero-order chi connectivity index (χ0) is 15.8. The Morgan fingerprint density at radius 2 is 2.09 bits per heavy atom. The number of esters is 1. The molecule has 0 saturated heterocycles. The largest absolute Gasteiger partial charge is 0.463 e. The molecule has 3 unspecified atom stereocenters. The summed E-state index contributed by atoms with van der Waals surface area (Å²) in [6.07, 6.45) is 16.9. The van der Waals surface area contributed by atoms with Crippen LogP contribution in [0.3, 0.4) is 0 Å². The lowest BCUT2D eigenvalue weighted by Crippen LogP contribution is -2.11. The van der Waals surface area contributed by atoms with E-state index < -0.39 is 0 Å². The van der Waals surface area contributed by atoms with Gasteiger partial charge < -0.3 is 4.74 Å². The van der Waals surface area contributed by atoms with Crippen molar-refractivity contribution in [1.82, 2.24) is 0 Å². The van der Waals surface area contributed by atoms with E-state index in [9.17, 15) is 4.79 Å². The van der Waals surface area contributed by atoms with E-state index >= 15 is 0 Å². The highest BCUT2D eigenvalue weighted by molar-refractivity contribution is 5.81. The van der Waals surface area contributed by atoms with Gasteiger partial charge >= 0.3 is 5.97 Å². The first kappa shape index (κ1) is 17.3. The molecule has 0 spiro atoms. The van der Waals surface area contributed by atoms with Gasteiger partial charge in [-0.15, -0.1) is 0 Å². The average molecular weight is 304 g/mol. The zero-order valence-electron chi connectivity index (χ0n) is 14.2. The SMILES string of the molecule is C=CC(=O)OCCCCC(CCCCC)C1=CC2CCC1C2. The van der Waals surface area contributed by atoms with E-state index in [0.717, 1.165) is 30.6 Å². The van der Waals surface area contributed by atoms with Crippen LogP contribution in [0.2, 0.25) is 0 Å². The lowest BCUT2D eigenvalue weighted by molar-refractivity contribution is -0.137. The minimum absolute atomic E-state index is 0.296. The highest BCUT2D eigenvalue weighted by atomic mass is 16.5. The Bertz CT molecular complexity index is 397. The smallest absolute Gasteiger partial charge is 0.330 e. The monoisotopic (exact) mass is 304 g/mol. The summed E-state index contributed by atoms with van der Waals surface area (Å²) in [6.45, 7) is 6.24. The molecule has 0 heterocycles. The van der Waals surface area contributed by atoms with E-state index in [1.54, 1.807) is 5.57 Å². The normalized spacial score (nSPS) is 24.1. The van der Waals surface area contributed by atoms with Gasteiger partial charge in [0.25, 0.3) is 0 Å². The Balaban J connectivity index is 1.74. The van der Waals surface area contributed by atoms with Crippen LogP contribution >= 0.6 is 0 Å². The molecule has 2 aliphatic carbocycles. The first-order valence-corrected chi connectivity index (χ1v) is 9.25. The predicted molar refractivity (Wildman–Crippen MR) is 91.6 cm³/mol. The van der Waals surface area contributed by atoms with Crippen LogP contribution in [-0.2, 0) is 9.53 Å². The minimum atomic E-state index is -0.296. The van der Waals surface area contributed by atoms with Gasteiger partial charge in [-0.1, -0.05) is 44.4 Å². The van der Waals surface area contributed by atoms with Crippen molar-refractivity contribution in [2.75, 3.05) is 6.61 Å². The molecule has 0 aromatic heterocycles. The number of unbranched alkanes of at least 4 members (excludes halogenated alkanes) is 3. The molecule has 2 aliphatic rings. The number of carbonyl (C=O) groups excluding carboxylic acids is 1. The lowest BCUT2D eigenvalue weighted by atomic mass is 9.81. The van der Waals surface area contributed by atoms with Crippen LogP contribution in [0.5, 0.6) is 0 Å². The van der Waals surface area contributed by atoms with Gasteiger partial charge in [0.2, 0.25) is 0 Å². The van der Waals surface area contributed by atoms with Crippen LogP contribution < -0.4 is 0 Å². The number of hydrogen-bond donors (Lipinski definition) is 0. The summed E-state index contributed by atoms with van der Waals surface area (Å²) in [5.74, 6) is 2.28. The van der Waals surface area contributed by atoms with Gasteiger partial charge in [0.15, 0.2) is 0 Å². The zero-order valence-corrected chi connectivity index (χ0v) is 14.2. The van der Waals surface area contributed by atoms with Crippen molar-refractivity contribution in [2.45, 2.75) is 71.1 Å². The molecule has 0 aliphatic heterocycles. The van der Waals surface area contributed by atoms with Crippen LogP contribution in [-0.4, -0.2) is 12.6 Å². The van der Waals surface area contributed by atoms with Crippen molar-refractivity contribution in [3.8, 4) is 0 Å². The van der Waals surface area contributed by atoms with Gasteiger partial charge in [0, 0.05) is 6.08 Å². The van der Waals surface area contributed by atoms with Crippen molar-refractivity contribution >= 4 is 5.97 Å². The lowest BCUT2D eigenvalue weighted by Gasteiger charge is -2.24. The Morgan fingerprint density at radius 3 is 2.68 bits per heavy atom. The van der Waals surface area contributed by atoms with Crippen LogP contribution in [0.4, 0.5) is 0 Å². The van der Waals surface area contributed by atoms with Crippen LogP contribution in [0, 0.1) is 17.8 Å². The fourth-order valence-corrected chi connectivity index (χ4v) is 4.19. The Kier molecular flexibility index (Phi) is 7.21. The van der Waals surface area contributed by atoms with E-state index in [4.69, 9.17) is 4.74 Å². The number of hydrogen-bond acceptors (Lipinski definition) is 2. The van der Waals surface area contributed by atoms with Gasteiger partial charge in [-0.2, -0.15) is 0 Å². The molecule has 0 aromatic rings.